The molecule has 0 bridgehead atoms. The Morgan fingerprint density at radius 1 is 0.963 bits per heavy atom. The Labute approximate surface area is 161 Å². The number of nitrogens with one attached hydrogen (secondary N) is 1. The minimum atomic E-state index is -3.69. The zero-order valence-corrected chi connectivity index (χ0v) is 16.7. The number of carbonyl (C=O) groups excluding carboxylic acids is 1. The number of benzene rings is 2. The molecule has 1 heterocycles. The predicted molar refractivity (Wildman–Crippen MR) is 109 cm³/mol. The summed E-state index contributed by atoms with van der Waals surface area (Å²) in [6.07, 6.45) is 3.95. The third-order valence-corrected chi connectivity index (χ3v) is 6.38. The second-order valence-corrected chi connectivity index (χ2v) is 8.44. The van der Waals surface area contributed by atoms with Crippen LogP contribution >= 0.6 is 0 Å². The summed E-state index contributed by atoms with van der Waals surface area (Å²) in [5.41, 5.74) is 3.39. The lowest BCUT2D eigenvalue weighted by atomic mass is 10.0. The third-order valence-electron chi connectivity index (χ3n) is 5.02. The molecule has 0 aliphatic carbocycles. The number of carbonyl (C=O) groups is 1. The Kier molecular flexibility index (Phi) is 5.85. The number of para-hydroxylation sites is 1. The minimum absolute atomic E-state index is 0.0967. The first-order chi connectivity index (χ1) is 13.0. The molecule has 27 heavy (non-hydrogen) atoms. The van der Waals surface area contributed by atoms with E-state index < -0.39 is 10.0 Å². The van der Waals surface area contributed by atoms with E-state index in [4.69, 9.17) is 0 Å². The summed E-state index contributed by atoms with van der Waals surface area (Å²) in [5, 5.41) is 0. The van der Waals surface area contributed by atoms with Crippen LogP contribution in [0.5, 0.6) is 0 Å². The Morgan fingerprint density at radius 2 is 1.59 bits per heavy atom. The van der Waals surface area contributed by atoms with Crippen LogP contribution in [0.1, 0.15) is 44.2 Å². The molecule has 144 valence electrons. The number of anilines is 2. The van der Waals surface area contributed by atoms with Gasteiger partial charge in [0.25, 0.3) is 10.0 Å². The Balaban J connectivity index is 1.87. The maximum absolute atomic E-state index is 12.9. The number of hydrogen-bond donors (Lipinski definition) is 1. The van der Waals surface area contributed by atoms with Crippen molar-refractivity contribution in [3.8, 4) is 0 Å². The maximum atomic E-state index is 12.9. The standard InChI is InChI=1S/C21H26N2O3S/c1-3-16-8-7-9-17(4-2)21(16)22-27(25,26)19-13-11-18(12-14-19)23-15-6-5-10-20(23)24/h7-9,11-14,22H,3-6,10,15H2,1-2H3. The normalized spacial score (nSPS) is 15.0. The number of hydrogen-bond acceptors (Lipinski definition) is 3. The third kappa shape index (κ3) is 4.16. The van der Waals surface area contributed by atoms with Gasteiger partial charge in [-0.25, -0.2) is 8.42 Å². The highest BCUT2D eigenvalue weighted by atomic mass is 32.2. The summed E-state index contributed by atoms with van der Waals surface area (Å²) in [7, 11) is -3.69. The van der Waals surface area contributed by atoms with Gasteiger partial charge in [0.1, 0.15) is 0 Å². The Bertz CT molecular complexity index is 899. The van der Waals surface area contributed by atoms with E-state index in [1.54, 1.807) is 29.2 Å². The smallest absolute Gasteiger partial charge is 0.261 e. The van der Waals surface area contributed by atoms with Crippen molar-refractivity contribution in [1.82, 2.24) is 0 Å². The molecule has 0 unspecified atom stereocenters. The molecule has 1 aliphatic heterocycles. The van der Waals surface area contributed by atoms with Crippen LogP contribution in [0.4, 0.5) is 11.4 Å². The largest absolute Gasteiger partial charge is 0.312 e. The van der Waals surface area contributed by atoms with E-state index in [2.05, 4.69) is 4.72 Å². The van der Waals surface area contributed by atoms with Gasteiger partial charge in [-0.2, -0.15) is 0 Å². The number of amides is 1. The fourth-order valence-electron chi connectivity index (χ4n) is 3.45. The molecule has 0 spiro atoms. The zero-order valence-electron chi connectivity index (χ0n) is 15.9. The molecule has 0 aromatic heterocycles. The first-order valence-electron chi connectivity index (χ1n) is 9.50. The predicted octanol–water partition coefficient (Wildman–Crippen LogP) is 4.13. The van der Waals surface area contributed by atoms with Crippen LogP contribution in [0.3, 0.4) is 0 Å². The molecule has 2 aromatic rings. The fraction of sp³-hybridized carbons (Fsp3) is 0.381. The number of aryl methyl sites for hydroxylation is 2. The fourth-order valence-corrected chi connectivity index (χ4v) is 4.59. The first kappa shape index (κ1) is 19.4. The molecule has 2 aromatic carbocycles. The zero-order chi connectivity index (χ0) is 19.4. The summed E-state index contributed by atoms with van der Waals surface area (Å²) in [4.78, 5) is 14.0. The van der Waals surface area contributed by atoms with Gasteiger partial charge in [0, 0.05) is 18.7 Å². The quantitative estimate of drug-likeness (QED) is 0.812. The summed E-state index contributed by atoms with van der Waals surface area (Å²) in [5.74, 6) is 0.0967. The van der Waals surface area contributed by atoms with Crippen molar-refractivity contribution < 1.29 is 13.2 Å². The van der Waals surface area contributed by atoms with Crippen molar-refractivity contribution >= 4 is 27.3 Å². The minimum Gasteiger partial charge on any atom is -0.312 e. The average molecular weight is 387 g/mol. The second kappa shape index (κ2) is 8.13. The number of sulfonamides is 1. The van der Waals surface area contributed by atoms with Gasteiger partial charge in [0.2, 0.25) is 5.91 Å². The molecule has 0 atom stereocenters. The lowest BCUT2D eigenvalue weighted by Crippen LogP contribution is -2.35. The number of nitrogens with zero attached hydrogens (tertiary/aromatic N) is 1. The highest BCUT2D eigenvalue weighted by Gasteiger charge is 2.21. The van der Waals surface area contributed by atoms with E-state index in [0.717, 1.165) is 42.5 Å². The van der Waals surface area contributed by atoms with Crippen LogP contribution in [0.15, 0.2) is 47.4 Å². The summed E-state index contributed by atoms with van der Waals surface area (Å²) >= 11 is 0. The molecule has 0 saturated carbocycles. The van der Waals surface area contributed by atoms with Crippen LogP contribution in [-0.4, -0.2) is 20.9 Å². The van der Waals surface area contributed by atoms with E-state index in [1.165, 1.54) is 0 Å². The van der Waals surface area contributed by atoms with Crippen molar-refractivity contribution in [1.29, 1.82) is 0 Å². The van der Waals surface area contributed by atoms with Gasteiger partial charge in [-0.05, 0) is 61.1 Å². The van der Waals surface area contributed by atoms with E-state index in [9.17, 15) is 13.2 Å². The highest BCUT2D eigenvalue weighted by molar-refractivity contribution is 7.92. The van der Waals surface area contributed by atoms with Crippen molar-refractivity contribution in [3.63, 3.8) is 0 Å². The molecule has 5 nitrogen and oxygen atoms in total. The molecule has 1 saturated heterocycles. The van der Waals surface area contributed by atoms with Gasteiger partial charge >= 0.3 is 0 Å². The molecular formula is C21H26N2O3S. The lowest BCUT2D eigenvalue weighted by molar-refractivity contribution is -0.119. The topological polar surface area (TPSA) is 66.5 Å². The Morgan fingerprint density at radius 3 is 2.15 bits per heavy atom. The van der Waals surface area contributed by atoms with Crippen molar-refractivity contribution in [2.24, 2.45) is 0 Å². The van der Waals surface area contributed by atoms with Gasteiger partial charge in [-0.3, -0.25) is 9.52 Å². The van der Waals surface area contributed by atoms with Gasteiger partial charge in [0.05, 0.1) is 10.6 Å². The van der Waals surface area contributed by atoms with E-state index in [0.29, 0.717) is 18.7 Å². The summed E-state index contributed by atoms with van der Waals surface area (Å²) in [6, 6.07) is 12.4. The van der Waals surface area contributed by atoms with Crippen LogP contribution in [0.2, 0.25) is 0 Å². The van der Waals surface area contributed by atoms with E-state index in [1.807, 2.05) is 32.0 Å². The van der Waals surface area contributed by atoms with Crippen LogP contribution in [0.25, 0.3) is 0 Å². The number of piperidine rings is 1. The van der Waals surface area contributed by atoms with Crippen molar-refractivity contribution in [3.05, 3.63) is 53.6 Å². The maximum Gasteiger partial charge on any atom is 0.261 e. The lowest BCUT2D eigenvalue weighted by Gasteiger charge is -2.26. The Hall–Kier alpha value is -2.34. The molecular weight excluding hydrogens is 360 g/mol. The van der Waals surface area contributed by atoms with Gasteiger partial charge in [-0.1, -0.05) is 32.0 Å². The van der Waals surface area contributed by atoms with Crippen LogP contribution < -0.4 is 9.62 Å². The average Bonchev–Trinajstić information content (AvgIpc) is 2.68. The van der Waals surface area contributed by atoms with Gasteiger partial charge in [0.15, 0.2) is 0 Å². The molecule has 1 aliphatic rings. The molecule has 3 rings (SSSR count). The SMILES string of the molecule is CCc1cccc(CC)c1NS(=O)(=O)c1ccc(N2CCCCC2=O)cc1. The summed E-state index contributed by atoms with van der Waals surface area (Å²) < 4.78 is 28.6. The van der Waals surface area contributed by atoms with E-state index in [-0.39, 0.29) is 10.8 Å². The highest BCUT2D eigenvalue weighted by Crippen LogP contribution is 2.27. The number of rotatable bonds is 6. The second-order valence-electron chi connectivity index (χ2n) is 6.76. The van der Waals surface area contributed by atoms with Crippen LogP contribution in [-0.2, 0) is 27.7 Å². The van der Waals surface area contributed by atoms with E-state index >= 15 is 0 Å². The molecule has 1 amide bonds. The van der Waals surface area contributed by atoms with Gasteiger partial charge in [-0.15, -0.1) is 0 Å². The van der Waals surface area contributed by atoms with Crippen molar-refractivity contribution in [2.45, 2.75) is 50.8 Å². The molecule has 0 radical (unpaired) electrons. The molecule has 1 N–H and O–H groups in total. The van der Waals surface area contributed by atoms with Crippen LogP contribution in [0, 0.1) is 0 Å². The molecule has 1 fully saturated rings. The van der Waals surface area contributed by atoms with Crippen molar-refractivity contribution in [2.75, 3.05) is 16.2 Å². The molecule has 6 heteroatoms. The monoisotopic (exact) mass is 386 g/mol. The first-order valence-corrected chi connectivity index (χ1v) is 11.0. The summed E-state index contributed by atoms with van der Waals surface area (Å²) in [6.45, 7) is 4.71. The van der Waals surface area contributed by atoms with Gasteiger partial charge < -0.3 is 4.90 Å².